The maximum atomic E-state index is 13.0. The van der Waals surface area contributed by atoms with Gasteiger partial charge < -0.3 is 4.74 Å². The van der Waals surface area contributed by atoms with Gasteiger partial charge in [-0.1, -0.05) is 56.7 Å². The molecule has 27 heavy (non-hydrogen) atoms. The van der Waals surface area contributed by atoms with Gasteiger partial charge >= 0.3 is 5.97 Å². The van der Waals surface area contributed by atoms with Gasteiger partial charge in [0, 0.05) is 0 Å². The Morgan fingerprint density at radius 3 is 2.00 bits per heavy atom. The summed E-state index contributed by atoms with van der Waals surface area (Å²) in [6.07, 6.45) is 2.15. The van der Waals surface area contributed by atoms with Gasteiger partial charge in [0.25, 0.3) is 0 Å². The zero-order chi connectivity index (χ0) is 19.2. The predicted octanol–water partition coefficient (Wildman–Crippen LogP) is 6.30. The van der Waals surface area contributed by atoms with Crippen LogP contribution in [0.4, 0.5) is 4.39 Å². The molecule has 3 heteroatoms. The minimum Gasteiger partial charge on any atom is -0.423 e. The van der Waals surface area contributed by atoms with E-state index < -0.39 is 0 Å². The van der Waals surface area contributed by atoms with E-state index in [0.29, 0.717) is 17.2 Å². The lowest BCUT2D eigenvalue weighted by Gasteiger charge is -2.09. The molecule has 0 radical (unpaired) electrons. The summed E-state index contributed by atoms with van der Waals surface area (Å²) < 4.78 is 18.5. The number of carbonyl (C=O) groups excluding carboxylic acids is 1. The van der Waals surface area contributed by atoms with Gasteiger partial charge in [-0.15, -0.1) is 0 Å². The van der Waals surface area contributed by atoms with Crippen molar-refractivity contribution < 1.29 is 13.9 Å². The van der Waals surface area contributed by atoms with Crippen molar-refractivity contribution in [3.63, 3.8) is 0 Å². The normalized spacial score (nSPS) is 11.8. The van der Waals surface area contributed by atoms with E-state index in [9.17, 15) is 9.18 Å². The Hall–Kier alpha value is -2.94. The molecule has 0 aliphatic heterocycles. The monoisotopic (exact) mass is 362 g/mol. The van der Waals surface area contributed by atoms with E-state index in [4.69, 9.17) is 4.74 Å². The third-order valence-electron chi connectivity index (χ3n) is 4.71. The van der Waals surface area contributed by atoms with Crippen LogP contribution in [0.5, 0.6) is 5.75 Å². The van der Waals surface area contributed by atoms with Gasteiger partial charge in [0.2, 0.25) is 0 Å². The first-order valence-electron chi connectivity index (χ1n) is 9.22. The van der Waals surface area contributed by atoms with Crippen LogP contribution < -0.4 is 4.74 Å². The average molecular weight is 362 g/mol. The minimum atomic E-state index is -0.375. The molecule has 3 rings (SSSR count). The average Bonchev–Trinajstić information content (AvgIpc) is 2.69. The smallest absolute Gasteiger partial charge is 0.343 e. The zero-order valence-electron chi connectivity index (χ0n) is 15.6. The van der Waals surface area contributed by atoms with Crippen LogP contribution in [0.15, 0.2) is 72.8 Å². The summed E-state index contributed by atoms with van der Waals surface area (Å²) in [5.41, 5.74) is 3.60. The molecule has 0 aromatic heterocycles. The van der Waals surface area contributed by atoms with Crippen molar-refractivity contribution in [1.82, 2.24) is 0 Å². The molecule has 0 bridgehead atoms. The van der Waals surface area contributed by atoms with E-state index in [2.05, 4.69) is 13.8 Å². The van der Waals surface area contributed by atoms with Crippen LogP contribution in [0.25, 0.3) is 11.1 Å². The minimum absolute atomic E-state index is 0.264. The second-order valence-electron chi connectivity index (χ2n) is 6.84. The summed E-state index contributed by atoms with van der Waals surface area (Å²) in [6, 6.07) is 21.1. The summed E-state index contributed by atoms with van der Waals surface area (Å²) in [6.45, 7) is 4.40. The lowest BCUT2D eigenvalue weighted by Crippen LogP contribution is -2.08. The Kier molecular flexibility index (Phi) is 6.02. The Morgan fingerprint density at radius 2 is 1.44 bits per heavy atom. The molecule has 138 valence electrons. The molecular weight excluding hydrogens is 339 g/mol. The number of ether oxygens (including phenoxy) is 1. The summed E-state index contributed by atoms with van der Waals surface area (Å²) in [7, 11) is 0. The SMILES string of the molecule is CCC(C)Cc1ccc(C(=O)Oc2ccc(-c3ccc(F)cc3)cc2)cc1. The highest BCUT2D eigenvalue weighted by molar-refractivity contribution is 5.91. The van der Waals surface area contributed by atoms with Crippen molar-refractivity contribution in [2.45, 2.75) is 26.7 Å². The van der Waals surface area contributed by atoms with E-state index >= 15 is 0 Å². The molecule has 0 fully saturated rings. The molecule has 1 atom stereocenters. The molecule has 0 spiro atoms. The lowest BCUT2D eigenvalue weighted by atomic mass is 9.98. The number of benzene rings is 3. The topological polar surface area (TPSA) is 26.3 Å². The molecule has 0 aliphatic carbocycles. The molecule has 0 heterocycles. The van der Waals surface area contributed by atoms with Gasteiger partial charge in [0.1, 0.15) is 11.6 Å². The van der Waals surface area contributed by atoms with Crippen molar-refractivity contribution in [2.75, 3.05) is 0 Å². The van der Waals surface area contributed by atoms with E-state index in [1.165, 1.54) is 17.7 Å². The fourth-order valence-electron chi connectivity index (χ4n) is 2.85. The first-order chi connectivity index (χ1) is 13.0. The summed E-state index contributed by atoms with van der Waals surface area (Å²) in [5, 5.41) is 0. The largest absolute Gasteiger partial charge is 0.423 e. The van der Waals surface area contributed by atoms with Crippen LogP contribution in [0.2, 0.25) is 0 Å². The Labute approximate surface area is 159 Å². The number of esters is 1. The molecule has 1 unspecified atom stereocenters. The summed E-state index contributed by atoms with van der Waals surface area (Å²) >= 11 is 0. The zero-order valence-corrected chi connectivity index (χ0v) is 15.6. The van der Waals surface area contributed by atoms with E-state index in [0.717, 1.165) is 24.0 Å². The molecular formula is C24H23FO2. The van der Waals surface area contributed by atoms with Gasteiger partial charge in [0.15, 0.2) is 0 Å². The number of hydrogen-bond donors (Lipinski definition) is 0. The van der Waals surface area contributed by atoms with E-state index in [-0.39, 0.29) is 11.8 Å². The highest BCUT2D eigenvalue weighted by Crippen LogP contribution is 2.23. The quantitative estimate of drug-likeness (QED) is 0.380. The standard InChI is InChI=1S/C24H23FO2/c1-3-17(2)16-18-4-6-21(7-5-18)24(26)27-23-14-10-20(11-15-23)19-8-12-22(25)13-9-19/h4-15,17H,3,16H2,1-2H3. The van der Waals surface area contributed by atoms with Crippen LogP contribution in [-0.2, 0) is 6.42 Å². The van der Waals surface area contributed by atoms with Crippen LogP contribution in [-0.4, -0.2) is 5.97 Å². The van der Waals surface area contributed by atoms with Crippen molar-refractivity contribution in [2.24, 2.45) is 5.92 Å². The van der Waals surface area contributed by atoms with Crippen molar-refractivity contribution in [1.29, 1.82) is 0 Å². The number of halogens is 1. The van der Waals surface area contributed by atoms with Crippen molar-refractivity contribution in [3.05, 3.63) is 89.7 Å². The van der Waals surface area contributed by atoms with Crippen LogP contribution in [0.1, 0.15) is 36.2 Å². The molecule has 0 amide bonds. The molecule has 3 aromatic rings. The molecule has 0 saturated carbocycles. The van der Waals surface area contributed by atoms with Gasteiger partial charge in [-0.25, -0.2) is 9.18 Å². The first kappa shape index (κ1) is 18.8. The maximum absolute atomic E-state index is 13.0. The van der Waals surface area contributed by atoms with Crippen LogP contribution >= 0.6 is 0 Å². The highest BCUT2D eigenvalue weighted by atomic mass is 19.1. The fraction of sp³-hybridized carbons (Fsp3) is 0.208. The first-order valence-corrected chi connectivity index (χ1v) is 9.22. The number of carbonyl (C=O) groups is 1. The molecule has 0 saturated heterocycles. The Balaban J connectivity index is 1.64. The van der Waals surface area contributed by atoms with Gasteiger partial charge in [-0.05, 0) is 65.4 Å². The maximum Gasteiger partial charge on any atom is 0.343 e. The number of hydrogen-bond acceptors (Lipinski definition) is 2. The van der Waals surface area contributed by atoms with E-state index in [1.807, 2.05) is 36.4 Å². The third kappa shape index (κ3) is 5.04. The van der Waals surface area contributed by atoms with E-state index in [1.54, 1.807) is 24.3 Å². The van der Waals surface area contributed by atoms with Crippen molar-refractivity contribution >= 4 is 5.97 Å². The Morgan fingerprint density at radius 1 is 0.889 bits per heavy atom. The van der Waals surface area contributed by atoms with Crippen LogP contribution in [0, 0.1) is 11.7 Å². The molecule has 0 N–H and O–H groups in total. The number of rotatable bonds is 6. The van der Waals surface area contributed by atoms with Gasteiger partial charge in [-0.2, -0.15) is 0 Å². The molecule has 3 aromatic carbocycles. The third-order valence-corrected chi connectivity index (χ3v) is 4.71. The fourth-order valence-corrected chi connectivity index (χ4v) is 2.85. The second-order valence-corrected chi connectivity index (χ2v) is 6.84. The highest BCUT2D eigenvalue weighted by Gasteiger charge is 2.10. The lowest BCUT2D eigenvalue weighted by molar-refractivity contribution is 0.0735. The summed E-state index contributed by atoms with van der Waals surface area (Å²) in [5.74, 6) is 0.469. The van der Waals surface area contributed by atoms with Gasteiger partial charge in [0.05, 0.1) is 5.56 Å². The Bertz CT molecular complexity index is 881. The predicted molar refractivity (Wildman–Crippen MR) is 106 cm³/mol. The van der Waals surface area contributed by atoms with Crippen molar-refractivity contribution in [3.8, 4) is 16.9 Å². The van der Waals surface area contributed by atoms with Gasteiger partial charge in [-0.3, -0.25) is 0 Å². The second kappa shape index (κ2) is 8.63. The van der Waals surface area contributed by atoms with Crippen LogP contribution in [0.3, 0.4) is 0 Å². The summed E-state index contributed by atoms with van der Waals surface area (Å²) in [4.78, 5) is 12.3. The molecule has 2 nitrogen and oxygen atoms in total. The molecule has 0 aliphatic rings.